The molecule has 2 aromatic rings. The maximum Gasteiger partial charge on any atom is 0.144 e. The van der Waals surface area contributed by atoms with Crippen molar-refractivity contribution in [1.82, 2.24) is 14.8 Å². The fourth-order valence-electron chi connectivity index (χ4n) is 1.88. The zero-order chi connectivity index (χ0) is 13.1. The third-order valence-electron chi connectivity index (χ3n) is 3.02. The first-order valence-corrected chi connectivity index (χ1v) is 5.71. The van der Waals surface area contributed by atoms with Crippen molar-refractivity contribution in [3.63, 3.8) is 0 Å². The highest BCUT2D eigenvalue weighted by Gasteiger charge is 2.10. The zero-order valence-electron chi connectivity index (χ0n) is 10.7. The van der Waals surface area contributed by atoms with E-state index in [4.69, 9.17) is 5.26 Å². The minimum absolute atomic E-state index is 0.552. The van der Waals surface area contributed by atoms with Gasteiger partial charge in [0.25, 0.3) is 0 Å². The molecule has 18 heavy (non-hydrogen) atoms. The van der Waals surface area contributed by atoms with Crippen LogP contribution in [0.2, 0.25) is 0 Å². The topological polar surface area (TPSA) is 66.5 Å². The van der Waals surface area contributed by atoms with E-state index in [0.29, 0.717) is 17.9 Å². The van der Waals surface area contributed by atoms with Crippen LogP contribution in [-0.2, 0) is 13.6 Å². The summed E-state index contributed by atoms with van der Waals surface area (Å²) in [5.41, 5.74) is 3.81. The molecule has 0 fully saturated rings. The fourth-order valence-corrected chi connectivity index (χ4v) is 1.88. The van der Waals surface area contributed by atoms with Gasteiger partial charge in [-0.25, -0.2) is 4.98 Å². The number of aromatic nitrogens is 3. The molecule has 2 aromatic heterocycles. The molecule has 0 radical (unpaired) electrons. The van der Waals surface area contributed by atoms with Crippen LogP contribution in [0.4, 0.5) is 5.82 Å². The van der Waals surface area contributed by atoms with E-state index in [1.54, 1.807) is 18.3 Å². The van der Waals surface area contributed by atoms with Gasteiger partial charge in [-0.15, -0.1) is 0 Å². The summed E-state index contributed by atoms with van der Waals surface area (Å²) in [6.07, 6.45) is 1.67. The van der Waals surface area contributed by atoms with Crippen LogP contribution < -0.4 is 5.32 Å². The largest absolute Gasteiger partial charge is 0.365 e. The van der Waals surface area contributed by atoms with Crippen LogP contribution in [0, 0.1) is 25.2 Å². The average molecular weight is 241 g/mol. The van der Waals surface area contributed by atoms with Gasteiger partial charge in [0.05, 0.1) is 11.3 Å². The molecule has 92 valence electrons. The van der Waals surface area contributed by atoms with Crippen molar-refractivity contribution in [2.24, 2.45) is 7.05 Å². The molecule has 0 saturated carbocycles. The molecule has 0 saturated heterocycles. The summed E-state index contributed by atoms with van der Waals surface area (Å²) in [4.78, 5) is 4.17. The Labute approximate surface area is 106 Å². The molecule has 0 unspecified atom stereocenters. The summed E-state index contributed by atoms with van der Waals surface area (Å²) in [7, 11) is 1.92. The van der Waals surface area contributed by atoms with Gasteiger partial charge in [-0.2, -0.15) is 10.4 Å². The summed E-state index contributed by atoms with van der Waals surface area (Å²) in [5.74, 6) is 0.614. The Morgan fingerprint density at radius 2 is 2.22 bits per heavy atom. The van der Waals surface area contributed by atoms with Crippen LogP contribution in [0.1, 0.15) is 22.5 Å². The number of nitrogens with zero attached hydrogens (tertiary/aromatic N) is 4. The number of hydrogen-bond donors (Lipinski definition) is 1. The van der Waals surface area contributed by atoms with Crippen LogP contribution in [0.25, 0.3) is 0 Å². The van der Waals surface area contributed by atoms with Crippen LogP contribution >= 0.6 is 0 Å². The summed E-state index contributed by atoms with van der Waals surface area (Å²) in [6, 6.07) is 5.62. The molecule has 5 heteroatoms. The Balaban J connectivity index is 2.20. The maximum atomic E-state index is 8.98. The number of nitrogens with one attached hydrogen (secondary N) is 1. The van der Waals surface area contributed by atoms with Gasteiger partial charge in [0.1, 0.15) is 11.9 Å². The monoisotopic (exact) mass is 241 g/mol. The molecule has 0 bridgehead atoms. The Morgan fingerprint density at radius 1 is 1.44 bits per heavy atom. The number of nitriles is 1. The van der Waals surface area contributed by atoms with E-state index in [1.807, 2.05) is 25.6 Å². The molecule has 0 aliphatic carbocycles. The molecule has 0 aliphatic heterocycles. The van der Waals surface area contributed by atoms with Crippen molar-refractivity contribution >= 4 is 5.82 Å². The van der Waals surface area contributed by atoms with Gasteiger partial charge in [-0.05, 0) is 26.0 Å². The SMILES string of the molecule is Cc1nn(C)c(C)c1CNc1ncccc1C#N. The first-order chi connectivity index (χ1) is 8.63. The number of rotatable bonds is 3. The van der Waals surface area contributed by atoms with E-state index < -0.39 is 0 Å². The first-order valence-electron chi connectivity index (χ1n) is 5.71. The van der Waals surface area contributed by atoms with E-state index in [2.05, 4.69) is 21.5 Å². The van der Waals surface area contributed by atoms with Crippen molar-refractivity contribution < 1.29 is 0 Å². The molecule has 5 nitrogen and oxygen atoms in total. The third-order valence-corrected chi connectivity index (χ3v) is 3.02. The molecule has 0 spiro atoms. The van der Waals surface area contributed by atoms with Crippen LogP contribution in [-0.4, -0.2) is 14.8 Å². The lowest BCUT2D eigenvalue weighted by atomic mass is 10.2. The molecule has 0 atom stereocenters. The van der Waals surface area contributed by atoms with Gasteiger partial charge in [-0.1, -0.05) is 0 Å². The molecule has 0 amide bonds. The Hall–Kier alpha value is -2.35. The summed E-state index contributed by atoms with van der Waals surface area (Å²) in [6.45, 7) is 4.63. The first kappa shape index (κ1) is 12.1. The van der Waals surface area contributed by atoms with Crippen LogP contribution in [0.3, 0.4) is 0 Å². The average Bonchev–Trinajstić information content (AvgIpc) is 2.62. The van der Waals surface area contributed by atoms with Crippen molar-refractivity contribution in [3.8, 4) is 6.07 Å². The summed E-state index contributed by atoms with van der Waals surface area (Å²) in [5, 5.41) is 16.5. The van der Waals surface area contributed by atoms with Crippen molar-refractivity contribution in [2.75, 3.05) is 5.32 Å². The molecule has 2 heterocycles. The predicted molar refractivity (Wildman–Crippen MR) is 69.0 cm³/mol. The van der Waals surface area contributed by atoms with E-state index >= 15 is 0 Å². The van der Waals surface area contributed by atoms with Gasteiger partial charge in [0.15, 0.2) is 0 Å². The molecule has 0 aromatic carbocycles. The highest BCUT2D eigenvalue weighted by atomic mass is 15.3. The van der Waals surface area contributed by atoms with Crippen molar-refractivity contribution in [3.05, 3.63) is 40.8 Å². The van der Waals surface area contributed by atoms with Gasteiger partial charge < -0.3 is 5.32 Å². The number of anilines is 1. The second kappa shape index (κ2) is 4.88. The second-order valence-electron chi connectivity index (χ2n) is 4.14. The quantitative estimate of drug-likeness (QED) is 0.891. The van der Waals surface area contributed by atoms with Gasteiger partial charge >= 0.3 is 0 Å². The molecule has 1 N–H and O–H groups in total. The van der Waals surface area contributed by atoms with E-state index in [1.165, 1.54) is 0 Å². The summed E-state index contributed by atoms with van der Waals surface area (Å²) < 4.78 is 1.86. The lowest BCUT2D eigenvalue weighted by Crippen LogP contribution is -2.05. The third kappa shape index (κ3) is 2.18. The molecular weight excluding hydrogens is 226 g/mol. The minimum atomic E-state index is 0.552. The highest BCUT2D eigenvalue weighted by Crippen LogP contribution is 2.15. The number of aryl methyl sites for hydroxylation is 2. The Kier molecular flexibility index (Phi) is 3.28. The lowest BCUT2D eigenvalue weighted by Gasteiger charge is -2.07. The second-order valence-corrected chi connectivity index (χ2v) is 4.14. The van der Waals surface area contributed by atoms with E-state index in [9.17, 15) is 0 Å². The Morgan fingerprint density at radius 3 is 2.83 bits per heavy atom. The van der Waals surface area contributed by atoms with Crippen LogP contribution in [0.15, 0.2) is 18.3 Å². The molecule has 0 aliphatic rings. The van der Waals surface area contributed by atoms with Gasteiger partial charge in [-0.3, -0.25) is 4.68 Å². The fraction of sp³-hybridized carbons (Fsp3) is 0.308. The minimum Gasteiger partial charge on any atom is -0.365 e. The standard InChI is InChI=1S/C13H15N5/c1-9-12(10(2)18(3)17-9)8-16-13-11(7-14)5-4-6-15-13/h4-6H,8H2,1-3H3,(H,15,16). The molecule has 2 rings (SSSR count). The summed E-state index contributed by atoms with van der Waals surface area (Å²) >= 11 is 0. The zero-order valence-corrected chi connectivity index (χ0v) is 10.7. The van der Waals surface area contributed by atoms with Gasteiger partial charge in [0.2, 0.25) is 0 Å². The van der Waals surface area contributed by atoms with Gasteiger partial charge in [0, 0.05) is 31.0 Å². The number of pyridine rings is 1. The predicted octanol–water partition coefficient (Wildman–Crippen LogP) is 1.92. The van der Waals surface area contributed by atoms with Crippen molar-refractivity contribution in [2.45, 2.75) is 20.4 Å². The van der Waals surface area contributed by atoms with Crippen molar-refractivity contribution in [1.29, 1.82) is 5.26 Å². The maximum absolute atomic E-state index is 8.98. The highest BCUT2D eigenvalue weighted by molar-refractivity contribution is 5.51. The normalized spacial score (nSPS) is 10.1. The van der Waals surface area contributed by atoms with E-state index in [-0.39, 0.29) is 0 Å². The molecular formula is C13H15N5. The lowest BCUT2D eigenvalue weighted by molar-refractivity contribution is 0.730. The number of hydrogen-bond acceptors (Lipinski definition) is 4. The Bertz CT molecular complexity index is 606. The smallest absolute Gasteiger partial charge is 0.144 e. The van der Waals surface area contributed by atoms with E-state index in [0.717, 1.165) is 17.0 Å². The van der Waals surface area contributed by atoms with Crippen LogP contribution in [0.5, 0.6) is 0 Å².